The summed E-state index contributed by atoms with van der Waals surface area (Å²) in [6.45, 7) is 5.31. The molecule has 4 saturated carbocycles. The first-order valence-electron chi connectivity index (χ1n) is 10.9. The van der Waals surface area contributed by atoms with Gasteiger partial charge in [-0.2, -0.15) is 0 Å². The van der Waals surface area contributed by atoms with E-state index in [1.165, 1.54) is 64.2 Å². The lowest BCUT2D eigenvalue weighted by Gasteiger charge is -2.60. The van der Waals surface area contributed by atoms with Crippen molar-refractivity contribution in [3.8, 4) is 0 Å². The van der Waals surface area contributed by atoms with E-state index in [0.717, 1.165) is 30.1 Å². The maximum absolute atomic E-state index is 11.0. The van der Waals surface area contributed by atoms with Crippen LogP contribution >= 0.6 is 7.82 Å². The minimum atomic E-state index is -4.33. The van der Waals surface area contributed by atoms with Crippen LogP contribution in [0.4, 0.5) is 0 Å². The molecule has 150 valence electrons. The first-order valence-corrected chi connectivity index (χ1v) is 12.5. The molecule has 4 fully saturated rings. The van der Waals surface area contributed by atoms with Crippen LogP contribution in [-0.2, 0) is 9.09 Å². The smallest absolute Gasteiger partial charge is 0.303 e. The summed E-state index contributed by atoms with van der Waals surface area (Å²) in [4.78, 5) is 17.9. The normalized spacial score (nSPS) is 48.5. The molecule has 0 saturated heterocycles. The molecule has 0 aromatic rings. The molecule has 0 radical (unpaired) electrons. The van der Waals surface area contributed by atoms with Crippen molar-refractivity contribution in [3.05, 3.63) is 0 Å². The first kappa shape index (κ1) is 19.4. The fourth-order valence-corrected chi connectivity index (χ4v) is 8.54. The Morgan fingerprint density at radius 3 is 2.46 bits per heavy atom. The van der Waals surface area contributed by atoms with E-state index in [0.29, 0.717) is 16.7 Å². The molecule has 0 aliphatic heterocycles. The summed E-state index contributed by atoms with van der Waals surface area (Å²) in [6, 6.07) is 0. The Balaban J connectivity index is 1.47. The molecule has 0 aromatic carbocycles. The van der Waals surface area contributed by atoms with Gasteiger partial charge in [-0.25, -0.2) is 4.57 Å². The molecule has 7 atom stereocenters. The van der Waals surface area contributed by atoms with Crippen LogP contribution in [0.25, 0.3) is 0 Å². The van der Waals surface area contributed by atoms with E-state index in [1.54, 1.807) is 0 Å². The minimum absolute atomic E-state index is 0.200. The SMILES string of the molecule is C[C@]12CCCC[C@H]1CC[C@@H]1[C@@H]2CC[C@]2(C)[C@H](CCOP(=O)(O)O)CC[C@@H]12. The van der Waals surface area contributed by atoms with E-state index in [4.69, 9.17) is 14.3 Å². The lowest BCUT2D eigenvalue weighted by molar-refractivity contribution is -0.111. The molecule has 0 heterocycles. The van der Waals surface area contributed by atoms with E-state index >= 15 is 0 Å². The van der Waals surface area contributed by atoms with Crippen LogP contribution in [0, 0.1) is 40.4 Å². The summed E-state index contributed by atoms with van der Waals surface area (Å²) in [7, 11) is -4.33. The van der Waals surface area contributed by atoms with Crippen molar-refractivity contribution in [2.24, 2.45) is 40.4 Å². The number of phosphoric ester groups is 1. The predicted octanol–water partition coefficient (Wildman–Crippen LogP) is 5.53. The van der Waals surface area contributed by atoms with Crippen molar-refractivity contribution in [1.82, 2.24) is 0 Å². The van der Waals surface area contributed by atoms with Gasteiger partial charge in [-0.3, -0.25) is 4.52 Å². The second-order valence-corrected chi connectivity index (χ2v) is 11.6. The minimum Gasteiger partial charge on any atom is -0.303 e. The predicted molar refractivity (Wildman–Crippen MR) is 102 cm³/mol. The molecule has 0 amide bonds. The highest BCUT2D eigenvalue weighted by molar-refractivity contribution is 7.46. The molecule has 4 aliphatic carbocycles. The molecule has 0 bridgehead atoms. The summed E-state index contributed by atoms with van der Waals surface area (Å²) < 4.78 is 15.8. The van der Waals surface area contributed by atoms with E-state index in [2.05, 4.69) is 13.8 Å². The van der Waals surface area contributed by atoms with Crippen LogP contribution in [0.5, 0.6) is 0 Å². The average molecular weight is 384 g/mol. The van der Waals surface area contributed by atoms with Gasteiger partial charge in [0.1, 0.15) is 0 Å². The second kappa shape index (κ2) is 6.87. The monoisotopic (exact) mass is 384 g/mol. The van der Waals surface area contributed by atoms with Crippen molar-refractivity contribution < 1.29 is 18.9 Å². The Morgan fingerprint density at radius 1 is 0.923 bits per heavy atom. The van der Waals surface area contributed by atoms with Gasteiger partial charge in [0.25, 0.3) is 0 Å². The summed E-state index contributed by atoms with van der Waals surface area (Å²) >= 11 is 0. The standard InChI is InChI=1S/C21H37O4P/c1-20-12-4-3-5-15(20)6-8-17-18-9-7-16(11-14-25-26(22,23)24)21(18,2)13-10-19(17)20/h15-19H,3-14H2,1-2H3,(H2,22,23,24)/t15-,16-,17-,18-,19-,20-,21+/m0/s1. The zero-order chi connectivity index (χ0) is 18.6. The Hall–Kier alpha value is 0.110. The number of fused-ring (bicyclic) bond motifs is 5. The van der Waals surface area contributed by atoms with Crippen LogP contribution in [0.15, 0.2) is 0 Å². The van der Waals surface area contributed by atoms with Gasteiger partial charge in [-0.05, 0) is 98.2 Å². The molecular formula is C21H37O4P. The molecule has 4 rings (SSSR count). The highest BCUT2D eigenvalue weighted by Gasteiger charge is 2.59. The quantitative estimate of drug-likeness (QED) is 0.625. The summed E-state index contributed by atoms with van der Waals surface area (Å²) in [5.74, 6) is 4.17. The van der Waals surface area contributed by atoms with Crippen molar-refractivity contribution in [2.45, 2.75) is 84.5 Å². The summed E-state index contributed by atoms with van der Waals surface area (Å²) in [5.41, 5.74) is 0.946. The maximum Gasteiger partial charge on any atom is 0.469 e. The molecule has 5 heteroatoms. The van der Waals surface area contributed by atoms with Crippen LogP contribution in [0.1, 0.15) is 84.5 Å². The first-order chi connectivity index (χ1) is 12.2. The largest absolute Gasteiger partial charge is 0.469 e. The van der Waals surface area contributed by atoms with Gasteiger partial charge in [0.2, 0.25) is 0 Å². The van der Waals surface area contributed by atoms with Crippen LogP contribution in [0.2, 0.25) is 0 Å². The molecule has 0 unspecified atom stereocenters. The molecular weight excluding hydrogens is 347 g/mol. The molecule has 26 heavy (non-hydrogen) atoms. The molecule has 4 aliphatic rings. The third-order valence-corrected chi connectivity index (χ3v) is 10.0. The van der Waals surface area contributed by atoms with Gasteiger partial charge < -0.3 is 9.79 Å². The van der Waals surface area contributed by atoms with Gasteiger partial charge in [0, 0.05) is 0 Å². The zero-order valence-corrected chi connectivity index (χ0v) is 17.4. The second-order valence-electron chi connectivity index (χ2n) is 10.3. The van der Waals surface area contributed by atoms with E-state index in [-0.39, 0.29) is 6.61 Å². The average Bonchev–Trinajstić information content (AvgIpc) is 2.90. The lowest BCUT2D eigenvalue weighted by Crippen LogP contribution is -2.52. The maximum atomic E-state index is 11.0. The van der Waals surface area contributed by atoms with E-state index in [9.17, 15) is 4.57 Å². The van der Waals surface area contributed by atoms with Gasteiger partial charge in [-0.15, -0.1) is 0 Å². The van der Waals surface area contributed by atoms with Crippen molar-refractivity contribution in [2.75, 3.05) is 6.61 Å². The highest BCUT2D eigenvalue weighted by atomic mass is 31.2. The molecule has 4 nitrogen and oxygen atoms in total. The van der Waals surface area contributed by atoms with Crippen LogP contribution < -0.4 is 0 Å². The van der Waals surface area contributed by atoms with Crippen molar-refractivity contribution >= 4 is 7.82 Å². The highest BCUT2D eigenvalue weighted by Crippen LogP contribution is 2.67. The Bertz CT molecular complexity index is 574. The molecule has 0 aromatic heterocycles. The lowest BCUT2D eigenvalue weighted by atomic mass is 9.45. The van der Waals surface area contributed by atoms with Gasteiger partial charge >= 0.3 is 7.82 Å². The Kier molecular flexibility index (Phi) is 5.13. The van der Waals surface area contributed by atoms with Gasteiger partial charge in [-0.1, -0.05) is 26.7 Å². The van der Waals surface area contributed by atoms with Gasteiger partial charge in [0.15, 0.2) is 0 Å². The number of hydrogen-bond donors (Lipinski definition) is 2. The zero-order valence-electron chi connectivity index (χ0n) is 16.5. The summed E-state index contributed by atoms with van der Waals surface area (Å²) in [6.07, 6.45) is 14.7. The molecule has 0 spiro atoms. The van der Waals surface area contributed by atoms with Crippen molar-refractivity contribution in [1.29, 1.82) is 0 Å². The fraction of sp³-hybridized carbons (Fsp3) is 1.00. The number of phosphoric acid groups is 1. The Labute approximate surface area is 158 Å². The van der Waals surface area contributed by atoms with Crippen LogP contribution in [0.3, 0.4) is 0 Å². The third-order valence-electron chi connectivity index (χ3n) is 9.51. The molecule has 2 N–H and O–H groups in total. The van der Waals surface area contributed by atoms with E-state index < -0.39 is 7.82 Å². The fourth-order valence-electron chi connectivity index (χ4n) is 8.19. The third kappa shape index (κ3) is 3.23. The number of rotatable bonds is 4. The topological polar surface area (TPSA) is 66.8 Å². The Morgan fingerprint density at radius 2 is 1.69 bits per heavy atom. The summed E-state index contributed by atoms with van der Waals surface area (Å²) in [5, 5.41) is 0. The van der Waals surface area contributed by atoms with Crippen molar-refractivity contribution in [3.63, 3.8) is 0 Å². The van der Waals surface area contributed by atoms with Crippen LogP contribution in [-0.4, -0.2) is 16.4 Å². The number of hydrogen-bond acceptors (Lipinski definition) is 2. The van der Waals surface area contributed by atoms with Gasteiger partial charge in [0.05, 0.1) is 6.61 Å². The van der Waals surface area contributed by atoms with E-state index in [1.807, 2.05) is 0 Å².